The maximum absolute atomic E-state index is 11.0. The Morgan fingerprint density at radius 1 is 0.864 bits per heavy atom. The molecular formula is C10H28Na2O8P2. The van der Waals surface area contributed by atoms with Gasteiger partial charge in [0.1, 0.15) is 0 Å². The third-order valence-electron chi connectivity index (χ3n) is 2.21. The Hall–Kier alpha value is 2.22. The van der Waals surface area contributed by atoms with Crippen molar-refractivity contribution in [2.45, 2.75) is 51.9 Å². The molecule has 0 bridgehead atoms. The molecule has 4 N–H and O–H groups in total. The van der Waals surface area contributed by atoms with Gasteiger partial charge in [0, 0.05) is 7.11 Å². The van der Waals surface area contributed by atoms with Crippen molar-refractivity contribution in [3.05, 3.63) is 0 Å². The van der Waals surface area contributed by atoms with Gasteiger partial charge in [-0.25, -0.2) is 9.13 Å². The van der Waals surface area contributed by atoms with Gasteiger partial charge < -0.3 is 22.6 Å². The molecule has 0 heterocycles. The maximum Gasteiger partial charge on any atom is 1.00 e. The predicted molar refractivity (Wildman–Crippen MR) is 77.3 cm³/mol. The average molecular weight is 384 g/mol. The van der Waals surface area contributed by atoms with E-state index in [4.69, 9.17) is 19.8 Å². The molecule has 22 heavy (non-hydrogen) atoms. The van der Waals surface area contributed by atoms with Gasteiger partial charge in [-0.3, -0.25) is 4.52 Å². The van der Waals surface area contributed by atoms with Crippen LogP contribution in [-0.4, -0.2) is 33.5 Å². The molecule has 0 spiro atoms. The van der Waals surface area contributed by atoms with Crippen LogP contribution in [0.15, 0.2) is 0 Å². The molecule has 1 atom stereocenters. The summed E-state index contributed by atoms with van der Waals surface area (Å²) in [6.45, 7) is 2.08. The van der Waals surface area contributed by atoms with E-state index in [0.717, 1.165) is 26.4 Å². The van der Waals surface area contributed by atoms with E-state index < -0.39 is 15.6 Å². The summed E-state index contributed by atoms with van der Waals surface area (Å²) in [5, 5.41) is 7.00. The number of unbranched alkanes of at least 4 members (excludes halogenated alkanes) is 6. The van der Waals surface area contributed by atoms with Crippen LogP contribution in [-0.2, 0) is 18.0 Å². The van der Waals surface area contributed by atoms with E-state index in [2.05, 4.69) is 15.8 Å². The van der Waals surface area contributed by atoms with E-state index >= 15 is 0 Å². The van der Waals surface area contributed by atoms with Crippen molar-refractivity contribution in [1.29, 1.82) is 0 Å². The van der Waals surface area contributed by atoms with Gasteiger partial charge in [-0.05, 0) is 6.42 Å². The van der Waals surface area contributed by atoms with Crippen molar-refractivity contribution < 1.29 is 99.7 Å². The summed E-state index contributed by atoms with van der Waals surface area (Å²) < 4.78 is 29.4. The first-order valence-electron chi connectivity index (χ1n) is 6.46. The van der Waals surface area contributed by atoms with Crippen LogP contribution in [0.4, 0.5) is 0 Å². The number of phosphoric acid groups is 2. The van der Waals surface area contributed by atoms with Gasteiger partial charge in [0.05, 0.1) is 6.61 Å². The average Bonchev–Trinajstić information content (AvgIpc) is 2.32. The SMILES string of the molecule is CCCCCCCCCOP(=O)(O)OP(=O)(O)O.CO.[H-].[H-].[Na+].[Na+]. The third-order valence-corrected chi connectivity index (χ3v) is 4.40. The largest absolute Gasteiger partial charge is 1.00 e. The van der Waals surface area contributed by atoms with Gasteiger partial charge in [0.25, 0.3) is 0 Å². The number of rotatable bonds is 11. The molecular weight excluding hydrogens is 356 g/mol. The first-order valence-corrected chi connectivity index (χ1v) is 9.48. The Bertz CT molecular complexity index is 323. The van der Waals surface area contributed by atoms with E-state index in [1.54, 1.807) is 0 Å². The second kappa shape index (κ2) is 19.5. The van der Waals surface area contributed by atoms with Gasteiger partial charge in [0.15, 0.2) is 0 Å². The third kappa shape index (κ3) is 27.1. The van der Waals surface area contributed by atoms with Crippen LogP contribution in [0.25, 0.3) is 0 Å². The smallest absolute Gasteiger partial charge is 1.00 e. The van der Waals surface area contributed by atoms with Crippen molar-refractivity contribution in [2.75, 3.05) is 13.7 Å². The summed E-state index contributed by atoms with van der Waals surface area (Å²) >= 11 is 0. The molecule has 0 aromatic heterocycles. The first-order chi connectivity index (χ1) is 9.27. The van der Waals surface area contributed by atoms with Crippen LogP contribution in [0.5, 0.6) is 0 Å². The number of aliphatic hydroxyl groups is 1. The van der Waals surface area contributed by atoms with Gasteiger partial charge >= 0.3 is 74.8 Å². The van der Waals surface area contributed by atoms with Crippen LogP contribution in [0.1, 0.15) is 54.7 Å². The summed E-state index contributed by atoms with van der Waals surface area (Å²) in [6, 6.07) is 0. The molecule has 0 saturated carbocycles. The molecule has 0 aromatic rings. The second-order valence-electron chi connectivity index (χ2n) is 4.00. The second-order valence-corrected chi connectivity index (χ2v) is 6.82. The molecule has 0 fully saturated rings. The Balaban J connectivity index is -0.000000130. The summed E-state index contributed by atoms with van der Waals surface area (Å²) in [5.41, 5.74) is 0. The monoisotopic (exact) mass is 384 g/mol. The first kappa shape index (κ1) is 31.9. The summed E-state index contributed by atoms with van der Waals surface area (Å²) in [6.07, 6.45) is 7.09. The number of aliphatic hydroxyl groups excluding tert-OH is 1. The molecule has 0 aliphatic heterocycles. The standard InChI is InChI=1S/C9H22O7P2.CH4O.2Na.2H/c1-2-3-4-5-6-7-8-9-15-18(13,14)16-17(10,11)12;1-2;;;;/h2-9H2,1H3,(H,13,14)(H2,10,11,12);2H,1H3;;;;/q;;2*+1;2*-1. The van der Waals surface area contributed by atoms with Crippen molar-refractivity contribution in [3.63, 3.8) is 0 Å². The van der Waals surface area contributed by atoms with Crippen LogP contribution >= 0.6 is 15.6 Å². The van der Waals surface area contributed by atoms with Crippen LogP contribution in [0.3, 0.4) is 0 Å². The van der Waals surface area contributed by atoms with E-state index in [0.29, 0.717) is 6.42 Å². The number of hydrogen-bond donors (Lipinski definition) is 4. The molecule has 0 aliphatic carbocycles. The van der Waals surface area contributed by atoms with Gasteiger partial charge in [-0.1, -0.05) is 45.4 Å². The zero-order chi connectivity index (χ0) is 16.1. The fraction of sp³-hybridized carbons (Fsp3) is 1.00. The molecule has 12 heteroatoms. The minimum atomic E-state index is -5.00. The fourth-order valence-electron chi connectivity index (χ4n) is 1.40. The Morgan fingerprint density at radius 2 is 1.27 bits per heavy atom. The van der Waals surface area contributed by atoms with Gasteiger partial charge in [-0.15, -0.1) is 0 Å². The predicted octanol–water partition coefficient (Wildman–Crippen LogP) is -3.20. The van der Waals surface area contributed by atoms with E-state index in [1.807, 2.05) is 0 Å². The van der Waals surface area contributed by atoms with Crippen LogP contribution < -0.4 is 59.1 Å². The molecule has 0 amide bonds. The topological polar surface area (TPSA) is 134 Å². The number of phosphoric ester groups is 1. The van der Waals surface area contributed by atoms with E-state index in [1.165, 1.54) is 19.3 Å². The van der Waals surface area contributed by atoms with Gasteiger partial charge in [-0.2, -0.15) is 4.31 Å². The molecule has 128 valence electrons. The van der Waals surface area contributed by atoms with Crippen LogP contribution in [0.2, 0.25) is 0 Å². The molecule has 0 radical (unpaired) electrons. The Morgan fingerprint density at radius 3 is 1.68 bits per heavy atom. The van der Waals surface area contributed by atoms with Gasteiger partial charge in [0.2, 0.25) is 0 Å². The normalized spacial score (nSPS) is 13.0. The van der Waals surface area contributed by atoms with E-state index in [-0.39, 0.29) is 68.6 Å². The fourth-order valence-corrected chi connectivity index (χ4v) is 3.02. The Kier molecular flexibility index (Phi) is 28.4. The van der Waals surface area contributed by atoms with Crippen LogP contribution in [0, 0.1) is 0 Å². The summed E-state index contributed by atoms with van der Waals surface area (Å²) in [5.74, 6) is 0. The Labute approximate surface area is 179 Å². The van der Waals surface area contributed by atoms with Crippen molar-refractivity contribution in [1.82, 2.24) is 0 Å². The summed E-state index contributed by atoms with van der Waals surface area (Å²) in [7, 11) is -8.64. The van der Waals surface area contributed by atoms with Crippen molar-refractivity contribution in [3.8, 4) is 0 Å². The summed E-state index contributed by atoms with van der Waals surface area (Å²) in [4.78, 5) is 25.6. The van der Waals surface area contributed by atoms with Crippen molar-refractivity contribution >= 4 is 15.6 Å². The maximum atomic E-state index is 11.0. The molecule has 0 aromatic carbocycles. The molecule has 0 saturated heterocycles. The minimum absolute atomic E-state index is 0. The van der Waals surface area contributed by atoms with Crippen molar-refractivity contribution in [2.24, 2.45) is 0 Å². The number of hydrogen-bond acceptors (Lipinski definition) is 5. The molecule has 8 nitrogen and oxygen atoms in total. The molecule has 1 unspecified atom stereocenters. The minimum Gasteiger partial charge on any atom is -1.00 e. The molecule has 0 rings (SSSR count). The zero-order valence-corrected chi connectivity index (χ0v) is 19.8. The quantitative estimate of drug-likeness (QED) is 0.166. The molecule has 0 aliphatic rings. The van der Waals surface area contributed by atoms with E-state index in [9.17, 15) is 9.13 Å². The zero-order valence-electron chi connectivity index (χ0n) is 16.0.